The fraction of sp³-hybridized carbons (Fsp3) is 0.353. The number of carbonyl (C=O) groups is 3. The molecule has 1 atom stereocenters. The van der Waals surface area contributed by atoms with E-state index in [1.807, 2.05) is 0 Å². The Hall–Kier alpha value is -4.44. The van der Waals surface area contributed by atoms with Crippen LogP contribution in [-0.2, 0) is 14.3 Å². The lowest BCUT2D eigenvalue weighted by atomic mass is 9.95. The van der Waals surface area contributed by atoms with E-state index in [0.29, 0.717) is 41.5 Å². The first kappa shape index (κ1) is 32.5. The minimum absolute atomic E-state index is 0.0180. The number of aryl methyl sites for hydroxylation is 1. The van der Waals surface area contributed by atoms with Gasteiger partial charge in [-0.15, -0.1) is 0 Å². The molecule has 10 heteroatoms. The van der Waals surface area contributed by atoms with Crippen molar-refractivity contribution in [2.75, 3.05) is 24.7 Å². The third-order valence-corrected chi connectivity index (χ3v) is 8.18. The second-order valence-corrected chi connectivity index (χ2v) is 11.3. The van der Waals surface area contributed by atoms with Gasteiger partial charge in [0.15, 0.2) is 5.13 Å². The zero-order valence-electron chi connectivity index (χ0n) is 25.3. The first-order valence-corrected chi connectivity index (χ1v) is 15.6. The lowest BCUT2D eigenvalue weighted by molar-refractivity contribution is -0.132. The van der Waals surface area contributed by atoms with Gasteiger partial charge in [-0.25, -0.2) is 9.78 Å². The van der Waals surface area contributed by atoms with Crippen LogP contribution in [0.15, 0.2) is 66.8 Å². The number of rotatable bonds is 15. The van der Waals surface area contributed by atoms with Gasteiger partial charge in [0, 0.05) is 5.56 Å². The number of Topliss-reactive ketones (excluding diaryl/α,β-unsaturated/α-hetero) is 1. The lowest BCUT2D eigenvalue weighted by Crippen LogP contribution is -2.29. The molecule has 3 aromatic rings. The quantitative estimate of drug-likeness (QED) is 0.0476. The van der Waals surface area contributed by atoms with E-state index in [1.165, 1.54) is 11.0 Å². The van der Waals surface area contributed by atoms with E-state index < -0.39 is 23.7 Å². The summed E-state index contributed by atoms with van der Waals surface area (Å²) in [6.07, 6.45) is 6.37. The van der Waals surface area contributed by atoms with E-state index in [1.54, 1.807) is 55.5 Å². The molecule has 1 aromatic heterocycles. The van der Waals surface area contributed by atoms with Crippen LogP contribution in [0.1, 0.15) is 78.5 Å². The average molecular weight is 619 g/mol. The molecule has 2 heterocycles. The van der Waals surface area contributed by atoms with Crippen LogP contribution in [-0.4, -0.2) is 47.6 Å². The van der Waals surface area contributed by atoms with Gasteiger partial charge in [0.25, 0.3) is 5.78 Å². The summed E-state index contributed by atoms with van der Waals surface area (Å²) in [5.41, 5.74) is 1.15. The maximum absolute atomic E-state index is 13.6. The van der Waals surface area contributed by atoms with Gasteiger partial charge in [-0.05, 0) is 49.6 Å². The number of unbranched alkanes of at least 4 members (excludes halogenated alkanes) is 3. The molecule has 1 amide bonds. The number of esters is 1. The highest BCUT2D eigenvalue weighted by Gasteiger charge is 2.48. The fourth-order valence-electron chi connectivity index (χ4n) is 4.73. The summed E-state index contributed by atoms with van der Waals surface area (Å²) in [5.74, 6) is -1.49. The molecule has 1 aliphatic heterocycles. The number of carbonyl (C=O) groups excluding carboxylic acids is 3. The van der Waals surface area contributed by atoms with Crippen LogP contribution < -0.4 is 14.4 Å². The van der Waals surface area contributed by atoms with Crippen LogP contribution >= 0.6 is 11.3 Å². The predicted molar refractivity (Wildman–Crippen MR) is 170 cm³/mol. The van der Waals surface area contributed by atoms with Gasteiger partial charge < -0.3 is 19.3 Å². The van der Waals surface area contributed by atoms with E-state index in [9.17, 15) is 19.5 Å². The van der Waals surface area contributed by atoms with Gasteiger partial charge in [-0.2, -0.15) is 0 Å². The van der Waals surface area contributed by atoms with E-state index >= 15 is 0 Å². The van der Waals surface area contributed by atoms with Gasteiger partial charge >= 0.3 is 11.9 Å². The van der Waals surface area contributed by atoms with Crippen LogP contribution in [0.4, 0.5) is 5.13 Å². The van der Waals surface area contributed by atoms with Crippen molar-refractivity contribution >= 4 is 39.9 Å². The molecular weight excluding hydrogens is 580 g/mol. The van der Waals surface area contributed by atoms with E-state index in [4.69, 9.17) is 14.2 Å². The van der Waals surface area contributed by atoms with Crippen molar-refractivity contribution in [1.29, 1.82) is 0 Å². The van der Waals surface area contributed by atoms with Crippen molar-refractivity contribution in [3.05, 3.63) is 88.5 Å². The number of amides is 1. The largest absolute Gasteiger partial charge is 0.507 e. The van der Waals surface area contributed by atoms with Crippen LogP contribution in [0.2, 0.25) is 0 Å². The summed E-state index contributed by atoms with van der Waals surface area (Å²) in [6.45, 7) is 10.5. The van der Waals surface area contributed by atoms with E-state index in [0.717, 1.165) is 43.4 Å². The molecule has 0 spiro atoms. The van der Waals surface area contributed by atoms with Gasteiger partial charge in [0.05, 0.1) is 30.5 Å². The molecule has 0 aliphatic carbocycles. The Morgan fingerprint density at radius 2 is 1.73 bits per heavy atom. The van der Waals surface area contributed by atoms with E-state index in [-0.39, 0.29) is 27.9 Å². The Kier molecular flexibility index (Phi) is 11.3. The van der Waals surface area contributed by atoms with Gasteiger partial charge in [0.1, 0.15) is 28.7 Å². The maximum Gasteiger partial charge on any atom is 0.350 e. The summed E-state index contributed by atoms with van der Waals surface area (Å²) in [6, 6.07) is 12.8. The molecule has 4 rings (SSSR count). The molecule has 2 aromatic carbocycles. The van der Waals surface area contributed by atoms with Crippen molar-refractivity contribution in [3.8, 4) is 11.5 Å². The number of anilines is 1. The Balaban J connectivity index is 1.78. The maximum atomic E-state index is 13.6. The predicted octanol–water partition coefficient (Wildman–Crippen LogP) is 7.17. The topological polar surface area (TPSA) is 115 Å². The molecule has 1 N–H and O–H groups in total. The minimum Gasteiger partial charge on any atom is -0.507 e. The van der Waals surface area contributed by atoms with Crippen molar-refractivity contribution in [1.82, 2.24) is 4.98 Å². The van der Waals surface area contributed by atoms with Crippen LogP contribution in [0.5, 0.6) is 11.5 Å². The molecule has 44 heavy (non-hydrogen) atoms. The van der Waals surface area contributed by atoms with Crippen LogP contribution in [0, 0.1) is 6.92 Å². The number of aliphatic hydroxyl groups excluding tert-OH is 1. The van der Waals surface area contributed by atoms with E-state index in [2.05, 4.69) is 25.4 Å². The highest BCUT2D eigenvalue weighted by molar-refractivity contribution is 7.17. The summed E-state index contributed by atoms with van der Waals surface area (Å²) < 4.78 is 16.9. The van der Waals surface area contributed by atoms with Crippen molar-refractivity contribution in [2.24, 2.45) is 0 Å². The molecule has 1 fully saturated rings. The number of aromatic nitrogens is 1. The molecule has 1 saturated heterocycles. The van der Waals surface area contributed by atoms with Gasteiger partial charge in [0.2, 0.25) is 0 Å². The molecule has 1 unspecified atom stereocenters. The number of benzene rings is 2. The zero-order chi connectivity index (χ0) is 31.6. The third kappa shape index (κ3) is 7.37. The number of hydrogen-bond acceptors (Lipinski definition) is 9. The Labute approximate surface area is 261 Å². The highest BCUT2D eigenvalue weighted by atomic mass is 32.1. The molecule has 0 saturated carbocycles. The number of thiazole rings is 1. The highest BCUT2D eigenvalue weighted by Crippen LogP contribution is 2.44. The first-order chi connectivity index (χ1) is 21.3. The lowest BCUT2D eigenvalue weighted by Gasteiger charge is -2.23. The molecular formula is C34H38N2O7S. The standard InChI is InChI=1S/C34H38N2O7S/c1-5-8-10-20-41-25-16-14-23(15-17-25)28-27(29(37)24-12-11-13-26(21-24)42-19-9-6-2)30(38)32(39)36(28)34-35-22(4)31(44-34)33(40)43-18-7-3/h7,11-17,21,28,37H,3,5-6,8-10,18-20H2,1-2,4H3. The summed E-state index contributed by atoms with van der Waals surface area (Å²) in [5, 5.41) is 11.7. The molecule has 232 valence electrons. The van der Waals surface area contributed by atoms with Crippen LogP contribution in [0.25, 0.3) is 5.76 Å². The zero-order valence-corrected chi connectivity index (χ0v) is 26.2. The summed E-state index contributed by atoms with van der Waals surface area (Å²) in [4.78, 5) is 45.8. The van der Waals surface area contributed by atoms with Crippen molar-refractivity contribution in [3.63, 3.8) is 0 Å². The smallest absolute Gasteiger partial charge is 0.350 e. The Morgan fingerprint density at radius 3 is 2.43 bits per heavy atom. The molecule has 9 nitrogen and oxygen atoms in total. The first-order valence-electron chi connectivity index (χ1n) is 14.8. The summed E-state index contributed by atoms with van der Waals surface area (Å²) in [7, 11) is 0. The monoisotopic (exact) mass is 618 g/mol. The molecule has 0 radical (unpaired) electrons. The number of hydrogen-bond donors (Lipinski definition) is 1. The minimum atomic E-state index is -1.02. The summed E-state index contributed by atoms with van der Waals surface area (Å²) >= 11 is 0.946. The normalized spacial score (nSPS) is 15.8. The number of aliphatic hydroxyl groups is 1. The van der Waals surface area contributed by atoms with Crippen molar-refractivity contribution in [2.45, 2.75) is 58.9 Å². The van der Waals surface area contributed by atoms with Crippen LogP contribution in [0.3, 0.4) is 0 Å². The Bertz CT molecular complexity index is 1530. The third-order valence-electron chi connectivity index (χ3n) is 7.04. The van der Waals surface area contributed by atoms with Crippen molar-refractivity contribution < 1.29 is 33.7 Å². The number of ketones is 1. The second kappa shape index (κ2) is 15.3. The second-order valence-electron chi connectivity index (χ2n) is 10.3. The molecule has 0 bridgehead atoms. The number of nitrogens with zero attached hydrogens (tertiary/aromatic N) is 2. The van der Waals surface area contributed by atoms with Gasteiger partial charge in [-0.1, -0.05) is 81.4 Å². The fourth-order valence-corrected chi connectivity index (χ4v) is 5.72. The SMILES string of the molecule is C=CCOC(=O)c1sc(N2C(=O)C(=O)C(=C(O)c3cccc(OCCCC)c3)C2c2ccc(OCCCCC)cc2)nc1C. The number of ether oxygens (including phenoxy) is 3. The Morgan fingerprint density at radius 1 is 1.02 bits per heavy atom. The van der Waals surface area contributed by atoms with Gasteiger partial charge in [-0.3, -0.25) is 14.5 Å². The average Bonchev–Trinajstić information content (AvgIpc) is 3.54. The molecule has 1 aliphatic rings.